The summed E-state index contributed by atoms with van der Waals surface area (Å²) >= 11 is 0. The first-order valence-corrected chi connectivity index (χ1v) is 12.6. The van der Waals surface area contributed by atoms with E-state index < -0.39 is 0 Å². The lowest BCUT2D eigenvalue weighted by Crippen LogP contribution is -2.50. The zero-order valence-corrected chi connectivity index (χ0v) is 20.4. The molecule has 4 heterocycles. The van der Waals surface area contributed by atoms with Gasteiger partial charge in [0.15, 0.2) is 17.0 Å². The van der Waals surface area contributed by atoms with Crippen molar-refractivity contribution in [3.63, 3.8) is 0 Å². The molecule has 1 saturated heterocycles. The number of amides is 1. The topological polar surface area (TPSA) is 102 Å². The Morgan fingerprint density at radius 3 is 2.59 bits per heavy atom. The molecule has 1 saturated carbocycles. The summed E-state index contributed by atoms with van der Waals surface area (Å²) in [4.78, 5) is 38.1. The van der Waals surface area contributed by atoms with Gasteiger partial charge >= 0.3 is 0 Å². The lowest BCUT2D eigenvalue weighted by Gasteiger charge is -2.42. The fourth-order valence-electron chi connectivity index (χ4n) is 5.60. The zero-order valence-electron chi connectivity index (χ0n) is 20.4. The molecule has 0 spiro atoms. The Kier molecular flexibility index (Phi) is 6.43. The van der Waals surface area contributed by atoms with Gasteiger partial charge in [0.2, 0.25) is 5.91 Å². The van der Waals surface area contributed by atoms with E-state index in [1.165, 1.54) is 25.7 Å². The number of rotatable bonds is 6. The van der Waals surface area contributed by atoms with E-state index in [1.807, 2.05) is 18.4 Å². The van der Waals surface area contributed by atoms with E-state index in [-0.39, 0.29) is 11.9 Å². The zero-order chi connectivity index (χ0) is 23.7. The SMILES string of the molecule is CC[C@H](Nc1ncnc2c1nc(-c1cnc(C)nc1)n2CC)C(=O)N1CC[C@@H]2CCCC[C@@H]2C1. The largest absolute Gasteiger partial charge is 0.356 e. The van der Waals surface area contributed by atoms with Crippen molar-refractivity contribution in [1.29, 1.82) is 0 Å². The molecule has 2 fully saturated rings. The van der Waals surface area contributed by atoms with Crippen LogP contribution in [0.4, 0.5) is 5.82 Å². The number of anilines is 1. The van der Waals surface area contributed by atoms with Gasteiger partial charge in [0.05, 0.1) is 5.56 Å². The highest BCUT2D eigenvalue weighted by Gasteiger charge is 2.35. The summed E-state index contributed by atoms with van der Waals surface area (Å²) in [5.74, 6) is 3.69. The number of nitrogens with zero attached hydrogens (tertiary/aromatic N) is 7. The molecular weight excluding hydrogens is 428 g/mol. The maximum atomic E-state index is 13.5. The third kappa shape index (κ3) is 4.23. The van der Waals surface area contributed by atoms with Gasteiger partial charge in [0, 0.05) is 32.0 Å². The summed E-state index contributed by atoms with van der Waals surface area (Å²) in [5.41, 5.74) is 2.23. The maximum Gasteiger partial charge on any atom is 0.245 e. The number of imidazole rings is 1. The Bertz CT molecular complexity index is 1160. The van der Waals surface area contributed by atoms with Crippen LogP contribution < -0.4 is 5.32 Å². The lowest BCUT2D eigenvalue weighted by atomic mass is 9.75. The lowest BCUT2D eigenvalue weighted by molar-refractivity contribution is -0.135. The number of hydrogen-bond donors (Lipinski definition) is 1. The average Bonchev–Trinajstić information content (AvgIpc) is 3.26. The molecule has 3 aromatic rings. The van der Waals surface area contributed by atoms with Gasteiger partial charge in [-0.05, 0) is 44.9 Å². The Morgan fingerprint density at radius 1 is 1.09 bits per heavy atom. The standard InChI is InChI=1S/C25H34N8O/c1-4-20(25(34)32-11-10-17-8-6-7-9-18(17)14-32)30-22-21-24(29-15-28-22)33(5-2)23(31-21)19-12-26-16(3)27-13-19/h12-13,15,17-18,20H,4-11,14H2,1-3H3,(H,28,29,30)/t17-,18+,20-/m0/s1. The van der Waals surface area contributed by atoms with Crippen LogP contribution in [0.15, 0.2) is 18.7 Å². The van der Waals surface area contributed by atoms with Crippen LogP contribution >= 0.6 is 0 Å². The van der Waals surface area contributed by atoms with E-state index in [0.29, 0.717) is 36.0 Å². The predicted octanol–water partition coefficient (Wildman–Crippen LogP) is 3.84. The van der Waals surface area contributed by atoms with Gasteiger partial charge in [-0.25, -0.2) is 24.9 Å². The van der Waals surface area contributed by atoms with Gasteiger partial charge in [-0.15, -0.1) is 0 Å². The molecule has 1 amide bonds. The summed E-state index contributed by atoms with van der Waals surface area (Å²) in [6.07, 6.45) is 12.1. The second kappa shape index (κ2) is 9.64. The van der Waals surface area contributed by atoms with Crippen LogP contribution in [-0.2, 0) is 11.3 Å². The molecule has 0 aromatic carbocycles. The molecule has 1 aliphatic heterocycles. The van der Waals surface area contributed by atoms with Crippen molar-refractivity contribution in [3.05, 3.63) is 24.5 Å². The monoisotopic (exact) mass is 462 g/mol. The smallest absolute Gasteiger partial charge is 0.245 e. The molecule has 2 aliphatic rings. The molecule has 0 unspecified atom stereocenters. The molecule has 9 nitrogen and oxygen atoms in total. The molecule has 5 rings (SSSR count). The number of piperidine rings is 1. The Labute approximate surface area is 200 Å². The number of aromatic nitrogens is 6. The van der Waals surface area contributed by atoms with Crippen molar-refractivity contribution >= 4 is 22.9 Å². The normalized spacial score (nSPS) is 21.3. The average molecular weight is 463 g/mol. The molecule has 3 aromatic heterocycles. The molecule has 1 aliphatic carbocycles. The number of hydrogen-bond acceptors (Lipinski definition) is 7. The fraction of sp³-hybridized carbons (Fsp3) is 0.600. The van der Waals surface area contributed by atoms with Crippen molar-refractivity contribution in [1.82, 2.24) is 34.4 Å². The fourth-order valence-corrected chi connectivity index (χ4v) is 5.60. The molecular formula is C25H34N8O. The van der Waals surface area contributed by atoms with Crippen molar-refractivity contribution in [2.75, 3.05) is 18.4 Å². The summed E-state index contributed by atoms with van der Waals surface area (Å²) in [7, 11) is 0. The van der Waals surface area contributed by atoms with Gasteiger partial charge in [0.25, 0.3) is 0 Å². The summed E-state index contributed by atoms with van der Waals surface area (Å²) in [6, 6.07) is -0.337. The number of nitrogens with one attached hydrogen (secondary N) is 1. The van der Waals surface area contributed by atoms with Gasteiger partial charge in [0.1, 0.15) is 24.0 Å². The Morgan fingerprint density at radius 2 is 1.85 bits per heavy atom. The molecule has 180 valence electrons. The first-order valence-electron chi connectivity index (χ1n) is 12.6. The van der Waals surface area contributed by atoms with E-state index >= 15 is 0 Å². The molecule has 34 heavy (non-hydrogen) atoms. The van der Waals surface area contributed by atoms with Gasteiger partial charge < -0.3 is 14.8 Å². The number of carbonyl (C=O) groups is 1. The van der Waals surface area contributed by atoms with Crippen LogP contribution in [0.3, 0.4) is 0 Å². The van der Waals surface area contributed by atoms with E-state index in [4.69, 9.17) is 4.98 Å². The first kappa shape index (κ1) is 22.7. The minimum Gasteiger partial charge on any atom is -0.356 e. The summed E-state index contributed by atoms with van der Waals surface area (Å²) in [5, 5.41) is 3.42. The number of carbonyl (C=O) groups excluding carboxylic acids is 1. The highest BCUT2D eigenvalue weighted by Crippen LogP contribution is 2.36. The van der Waals surface area contributed by atoms with Crippen LogP contribution in [0, 0.1) is 18.8 Å². The van der Waals surface area contributed by atoms with Crippen molar-refractivity contribution in [2.24, 2.45) is 11.8 Å². The maximum absolute atomic E-state index is 13.5. The second-order valence-electron chi connectivity index (χ2n) is 9.58. The van der Waals surface area contributed by atoms with Gasteiger partial charge in [-0.1, -0.05) is 26.2 Å². The summed E-state index contributed by atoms with van der Waals surface area (Å²) in [6.45, 7) is 8.41. The van der Waals surface area contributed by atoms with Gasteiger partial charge in [-0.2, -0.15) is 0 Å². The molecule has 3 atom stereocenters. The van der Waals surface area contributed by atoms with Crippen LogP contribution in [0.25, 0.3) is 22.6 Å². The number of aryl methyl sites for hydroxylation is 2. The van der Waals surface area contributed by atoms with E-state index in [0.717, 1.165) is 42.5 Å². The quantitative estimate of drug-likeness (QED) is 0.594. The first-order chi connectivity index (χ1) is 16.6. The van der Waals surface area contributed by atoms with E-state index in [9.17, 15) is 4.79 Å². The van der Waals surface area contributed by atoms with Crippen molar-refractivity contribution in [3.8, 4) is 11.4 Å². The van der Waals surface area contributed by atoms with Crippen LogP contribution in [0.5, 0.6) is 0 Å². The Hall–Kier alpha value is -3.10. The highest BCUT2D eigenvalue weighted by molar-refractivity contribution is 5.90. The molecule has 9 heteroatoms. The minimum atomic E-state index is -0.337. The number of fused-ring (bicyclic) bond motifs is 2. The van der Waals surface area contributed by atoms with Crippen molar-refractivity contribution < 1.29 is 4.79 Å². The van der Waals surface area contributed by atoms with Crippen LogP contribution in [0.1, 0.15) is 58.2 Å². The Balaban J connectivity index is 1.41. The van der Waals surface area contributed by atoms with Crippen molar-refractivity contribution in [2.45, 2.75) is 71.9 Å². The number of likely N-dealkylation sites (tertiary alicyclic amines) is 1. The highest BCUT2D eigenvalue weighted by atomic mass is 16.2. The summed E-state index contributed by atoms with van der Waals surface area (Å²) < 4.78 is 2.03. The minimum absolute atomic E-state index is 0.167. The third-order valence-corrected chi connectivity index (χ3v) is 7.51. The van der Waals surface area contributed by atoms with E-state index in [2.05, 4.69) is 37.1 Å². The van der Waals surface area contributed by atoms with Crippen LogP contribution in [-0.4, -0.2) is 59.4 Å². The van der Waals surface area contributed by atoms with E-state index in [1.54, 1.807) is 18.7 Å². The molecule has 0 bridgehead atoms. The molecule has 0 radical (unpaired) electrons. The second-order valence-corrected chi connectivity index (χ2v) is 9.58. The van der Waals surface area contributed by atoms with Crippen LogP contribution in [0.2, 0.25) is 0 Å². The predicted molar refractivity (Wildman–Crippen MR) is 131 cm³/mol. The van der Waals surface area contributed by atoms with Gasteiger partial charge in [-0.3, -0.25) is 4.79 Å². The molecule has 1 N–H and O–H groups in total. The third-order valence-electron chi connectivity index (χ3n) is 7.51.